The molecule has 0 unspecified atom stereocenters. The van der Waals surface area contributed by atoms with Crippen molar-refractivity contribution >= 4 is 0 Å². The number of rotatable bonds is 2. The Morgan fingerprint density at radius 3 is 2.53 bits per heavy atom. The minimum Gasteiger partial charge on any atom is -0.238 e. The SMILES string of the molecule is CCc1cc(C)nn1-c1ccc(F)cc1. The van der Waals surface area contributed by atoms with E-state index in [-0.39, 0.29) is 5.82 Å². The molecule has 0 bridgehead atoms. The molecule has 1 aromatic heterocycles. The van der Waals surface area contributed by atoms with E-state index in [2.05, 4.69) is 12.0 Å². The Morgan fingerprint density at radius 1 is 1.27 bits per heavy atom. The molecule has 0 fully saturated rings. The van der Waals surface area contributed by atoms with Gasteiger partial charge in [-0.1, -0.05) is 6.92 Å². The fourth-order valence-corrected chi connectivity index (χ4v) is 1.61. The summed E-state index contributed by atoms with van der Waals surface area (Å²) in [5, 5.41) is 4.38. The molecule has 0 radical (unpaired) electrons. The van der Waals surface area contributed by atoms with Crippen LogP contribution in [0.2, 0.25) is 0 Å². The van der Waals surface area contributed by atoms with Crippen molar-refractivity contribution in [1.29, 1.82) is 0 Å². The first-order valence-electron chi connectivity index (χ1n) is 5.02. The third-order valence-electron chi connectivity index (χ3n) is 2.34. The van der Waals surface area contributed by atoms with Crippen LogP contribution in [0.5, 0.6) is 0 Å². The highest BCUT2D eigenvalue weighted by Gasteiger charge is 2.05. The van der Waals surface area contributed by atoms with Crippen molar-refractivity contribution in [2.75, 3.05) is 0 Å². The first-order valence-corrected chi connectivity index (χ1v) is 5.02. The van der Waals surface area contributed by atoms with E-state index < -0.39 is 0 Å². The predicted octanol–water partition coefficient (Wildman–Crippen LogP) is 2.88. The summed E-state index contributed by atoms with van der Waals surface area (Å²) in [6, 6.07) is 8.42. The van der Waals surface area contributed by atoms with Crippen LogP contribution in [-0.4, -0.2) is 9.78 Å². The summed E-state index contributed by atoms with van der Waals surface area (Å²) < 4.78 is 14.6. The van der Waals surface area contributed by atoms with Crippen LogP contribution in [0, 0.1) is 12.7 Å². The van der Waals surface area contributed by atoms with Crippen LogP contribution in [-0.2, 0) is 6.42 Å². The first-order chi connectivity index (χ1) is 7.20. The summed E-state index contributed by atoms with van der Waals surface area (Å²) in [7, 11) is 0. The molecule has 78 valence electrons. The largest absolute Gasteiger partial charge is 0.238 e. The minimum atomic E-state index is -0.222. The first kappa shape index (κ1) is 9.90. The van der Waals surface area contributed by atoms with E-state index in [9.17, 15) is 4.39 Å². The van der Waals surface area contributed by atoms with Crippen LogP contribution >= 0.6 is 0 Å². The van der Waals surface area contributed by atoms with Gasteiger partial charge in [-0.15, -0.1) is 0 Å². The van der Waals surface area contributed by atoms with Gasteiger partial charge < -0.3 is 0 Å². The molecule has 0 aliphatic heterocycles. The quantitative estimate of drug-likeness (QED) is 0.735. The summed E-state index contributed by atoms with van der Waals surface area (Å²) in [5.74, 6) is -0.222. The Hall–Kier alpha value is -1.64. The lowest BCUT2D eigenvalue weighted by atomic mass is 10.2. The van der Waals surface area contributed by atoms with Gasteiger partial charge in [0.05, 0.1) is 11.4 Å². The van der Waals surface area contributed by atoms with Crippen LogP contribution < -0.4 is 0 Å². The van der Waals surface area contributed by atoms with Gasteiger partial charge in [0, 0.05) is 5.69 Å². The highest BCUT2D eigenvalue weighted by atomic mass is 19.1. The molecule has 0 saturated carbocycles. The maximum Gasteiger partial charge on any atom is 0.123 e. The highest BCUT2D eigenvalue weighted by Crippen LogP contribution is 2.13. The molecule has 1 aromatic carbocycles. The van der Waals surface area contributed by atoms with E-state index in [1.165, 1.54) is 12.1 Å². The van der Waals surface area contributed by atoms with Gasteiger partial charge in [0.15, 0.2) is 0 Å². The Labute approximate surface area is 88.4 Å². The molecule has 0 aliphatic carbocycles. The molecule has 0 amide bonds. The lowest BCUT2D eigenvalue weighted by Crippen LogP contribution is -2.01. The van der Waals surface area contributed by atoms with Crippen LogP contribution in [0.4, 0.5) is 4.39 Å². The number of aryl methyl sites for hydroxylation is 2. The maximum atomic E-state index is 12.8. The van der Waals surface area contributed by atoms with Crippen LogP contribution in [0.3, 0.4) is 0 Å². The molecule has 2 rings (SSSR count). The van der Waals surface area contributed by atoms with Crippen molar-refractivity contribution in [3.8, 4) is 5.69 Å². The van der Waals surface area contributed by atoms with Crippen molar-refractivity contribution in [2.45, 2.75) is 20.3 Å². The zero-order valence-corrected chi connectivity index (χ0v) is 8.87. The third kappa shape index (κ3) is 1.91. The van der Waals surface area contributed by atoms with Gasteiger partial charge in [0.25, 0.3) is 0 Å². The number of halogens is 1. The Kier molecular flexibility index (Phi) is 2.54. The van der Waals surface area contributed by atoms with Gasteiger partial charge in [0.2, 0.25) is 0 Å². The molecule has 15 heavy (non-hydrogen) atoms. The van der Waals surface area contributed by atoms with Crippen molar-refractivity contribution in [3.63, 3.8) is 0 Å². The zero-order chi connectivity index (χ0) is 10.8. The molecular formula is C12H13FN2. The fraction of sp³-hybridized carbons (Fsp3) is 0.250. The van der Waals surface area contributed by atoms with Gasteiger partial charge in [-0.05, 0) is 43.7 Å². The zero-order valence-electron chi connectivity index (χ0n) is 8.87. The fourth-order valence-electron chi connectivity index (χ4n) is 1.61. The molecule has 2 aromatic rings. The van der Waals surface area contributed by atoms with E-state index in [0.717, 1.165) is 23.5 Å². The van der Waals surface area contributed by atoms with Gasteiger partial charge in [-0.2, -0.15) is 5.10 Å². The predicted molar refractivity (Wildman–Crippen MR) is 57.6 cm³/mol. The summed E-state index contributed by atoms with van der Waals surface area (Å²) in [5.41, 5.74) is 3.02. The average molecular weight is 204 g/mol. The molecule has 0 saturated heterocycles. The molecule has 0 N–H and O–H groups in total. The van der Waals surface area contributed by atoms with E-state index >= 15 is 0 Å². The van der Waals surface area contributed by atoms with E-state index in [1.54, 1.807) is 12.1 Å². The minimum absolute atomic E-state index is 0.222. The lowest BCUT2D eigenvalue weighted by molar-refractivity contribution is 0.626. The summed E-state index contributed by atoms with van der Waals surface area (Å²) in [6.45, 7) is 4.04. The van der Waals surface area contributed by atoms with Gasteiger partial charge in [-0.3, -0.25) is 0 Å². The topological polar surface area (TPSA) is 17.8 Å². The number of benzene rings is 1. The van der Waals surface area contributed by atoms with Crippen molar-refractivity contribution in [2.24, 2.45) is 0 Å². The second-order valence-corrected chi connectivity index (χ2v) is 3.52. The maximum absolute atomic E-state index is 12.8. The van der Waals surface area contributed by atoms with Crippen LogP contribution in [0.15, 0.2) is 30.3 Å². The Bertz CT molecular complexity index is 457. The summed E-state index contributed by atoms with van der Waals surface area (Å²) in [6.07, 6.45) is 0.915. The smallest absolute Gasteiger partial charge is 0.123 e. The Balaban J connectivity index is 2.48. The number of nitrogens with zero attached hydrogens (tertiary/aromatic N) is 2. The summed E-state index contributed by atoms with van der Waals surface area (Å²) >= 11 is 0. The lowest BCUT2D eigenvalue weighted by Gasteiger charge is -2.04. The number of hydrogen-bond acceptors (Lipinski definition) is 1. The third-order valence-corrected chi connectivity index (χ3v) is 2.34. The Morgan fingerprint density at radius 2 is 1.93 bits per heavy atom. The number of hydrogen-bond donors (Lipinski definition) is 0. The molecule has 2 nitrogen and oxygen atoms in total. The molecule has 3 heteroatoms. The molecular weight excluding hydrogens is 191 g/mol. The van der Waals surface area contributed by atoms with Gasteiger partial charge in [0.1, 0.15) is 5.82 Å². The van der Waals surface area contributed by atoms with E-state index in [1.807, 2.05) is 17.7 Å². The van der Waals surface area contributed by atoms with E-state index in [4.69, 9.17) is 0 Å². The van der Waals surface area contributed by atoms with E-state index in [0.29, 0.717) is 0 Å². The van der Waals surface area contributed by atoms with Gasteiger partial charge in [-0.25, -0.2) is 9.07 Å². The van der Waals surface area contributed by atoms with Crippen LogP contribution in [0.25, 0.3) is 5.69 Å². The highest BCUT2D eigenvalue weighted by molar-refractivity contribution is 5.33. The molecule has 0 spiro atoms. The van der Waals surface area contributed by atoms with Crippen molar-refractivity contribution in [3.05, 3.63) is 47.5 Å². The standard InChI is InChI=1S/C12H13FN2/c1-3-11-8-9(2)14-15(11)12-6-4-10(13)5-7-12/h4-8H,3H2,1-2H3. The van der Waals surface area contributed by atoms with Crippen LogP contribution in [0.1, 0.15) is 18.3 Å². The monoisotopic (exact) mass is 204 g/mol. The molecule has 0 atom stereocenters. The van der Waals surface area contributed by atoms with Crippen molar-refractivity contribution in [1.82, 2.24) is 9.78 Å². The number of aromatic nitrogens is 2. The molecule has 1 heterocycles. The van der Waals surface area contributed by atoms with Crippen molar-refractivity contribution < 1.29 is 4.39 Å². The molecule has 0 aliphatic rings. The second kappa shape index (κ2) is 3.85. The van der Waals surface area contributed by atoms with Gasteiger partial charge >= 0.3 is 0 Å². The normalized spacial score (nSPS) is 10.6. The average Bonchev–Trinajstić information content (AvgIpc) is 2.61. The summed E-state index contributed by atoms with van der Waals surface area (Å²) in [4.78, 5) is 0. The second-order valence-electron chi connectivity index (χ2n) is 3.52.